The van der Waals surface area contributed by atoms with Crippen LogP contribution >= 0.6 is 10.7 Å². The van der Waals surface area contributed by atoms with E-state index >= 15 is 0 Å². The number of ether oxygens (including phenoxy) is 1. The summed E-state index contributed by atoms with van der Waals surface area (Å²) in [6.07, 6.45) is 1.12. The Bertz CT molecular complexity index is 620. The van der Waals surface area contributed by atoms with Crippen molar-refractivity contribution in [3.63, 3.8) is 0 Å². The highest BCUT2D eigenvalue weighted by Crippen LogP contribution is 2.17. The van der Waals surface area contributed by atoms with Crippen LogP contribution in [0.1, 0.15) is 6.92 Å². The van der Waals surface area contributed by atoms with Crippen LogP contribution in [0, 0.1) is 5.92 Å². The number of sulfone groups is 1. The molecule has 0 heterocycles. The molecule has 0 aliphatic carbocycles. The van der Waals surface area contributed by atoms with E-state index in [2.05, 4.69) is 0 Å². The lowest BCUT2D eigenvalue weighted by atomic mass is 10.2. The quantitative estimate of drug-likeness (QED) is 0.743. The average Bonchev–Trinajstić information content (AvgIpc) is 2.23. The van der Waals surface area contributed by atoms with E-state index in [0.717, 1.165) is 6.26 Å². The summed E-state index contributed by atoms with van der Waals surface area (Å²) in [5, 5.41) is 0. The Kier molecular flexibility index (Phi) is 5.23. The Morgan fingerprint density at radius 2 is 1.68 bits per heavy atom. The van der Waals surface area contributed by atoms with Crippen molar-refractivity contribution in [2.75, 3.05) is 18.6 Å². The minimum absolute atomic E-state index is 0.171. The summed E-state index contributed by atoms with van der Waals surface area (Å²) >= 11 is 0. The molecule has 19 heavy (non-hydrogen) atoms. The van der Waals surface area contributed by atoms with Gasteiger partial charge in [0.15, 0.2) is 9.84 Å². The van der Waals surface area contributed by atoms with Gasteiger partial charge in [-0.15, -0.1) is 0 Å². The van der Waals surface area contributed by atoms with E-state index in [1.54, 1.807) is 6.92 Å². The second-order valence-electron chi connectivity index (χ2n) is 4.37. The van der Waals surface area contributed by atoms with Crippen LogP contribution in [0.2, 0.25) is 0 Å². The first-order valence-corrected chi connectivity index (χ1v) is 9.80. The van der Waals surface area contributed by atoms with Crippen molar-refractivity contribution in [1.29, 1.82) is 0 Å². The van der Waals surface area contributed by atoms with Crippen LogP contribution in [-0.2, 0) is 18.9 Å². The fraction of sp³-hybridized carbons (Fsp3) is 0.455. The van der Waals surface area contributed by atoms with Gasteiger partial charge in [-0.1, -0.05) is 6.92 Å². The molecule has 0 fully saturated rings. The molecule has 0 aliphatic rings. The van der Waals surface area contributed by atoms with Crippen LogP contribution in [0.4, 0.5) is 0 Å². The number of rotatable bonds is 6. The molecule has 1 rings (SSSR count). The highest BCUT2D eigenvalue weighted by Gasteiger charge is 2.13. The zero-order valence-corrected chi connectivity index (χ0v) is 12.9. The second kappa shape index (κ2) is 6.11. The van der Waals surface area contributed by atoms with E-state index in [-0.39, 0.29) is 23.2 Å². The van der Waals surface area contributed by atoms with Crippen LogP contribution in [0.3, 0.4) is 0 Å². The summed E-state index contributed by atoms with van der Waals surface area (Å²) in [6, 6.07) is 5.93. The topological polar surface area (TPSA) is 77.5 Å². The third-order valence-corrected chi connectivity index (χ3v) is 4.74. The van der Waals surface area contributed by atoms with Gasteiger partial charge in [0.2, 0.25) is 9.05 Å². The number of hydrogen-bond donors (Lipinski definition) is 0. The van der Waals surface area contributed by atoms with E-state index in [0.29, 0.717) is 5.75 Å². The molecule has 8 heteroatoms. The molecule has 0 radical (unpaired) electrons. The fourth-order valence-corrected chi connectivity index (χ4v) is 3.46. The van der Waals surface area contributed by atoms with E-state index < -0.39 is 18.9 Å². The van der Waals surface area contributed by atoms with Gasteiger partial charge in [-0.2, -0.15) is 0 Å². The van der Waals surface area contributed by atoms with Gasteiger partial charge in [-0.25, -0.2) is 16.8 Å². The Balaban J connectivity index is 2.60. The van der Waals surface area contributed by atoms with Gasteiger partial charge < -0.3 is 4.74 Å². The van der Waals surface area contributed by atoms with Gasteiger partial charge >= 0.3 is 0 Å². The van der Waals surface area contributed by atoms with Crippen LogP contribution in [0.15, 0.2) is 29.2 Å². The maximum absolute atomic E-state index is 11.2. The van der Waals surface area contributed by atoms with E-state index in [1.807, 2.05) is 0 Å². The highest BCUT2D eigenvalue weighted by molar-refractivity contribution is 8.13. The van der Waals surface area contributed by atoms with E-state index in [4.69, 9.17) is 15.4 Å². The lowest BCUT2D eigenvalue weighted by molar-refractivity contribution is 0.272. The molecule has 1 aromatic rings. The maximum atomic E-state index is 11.2. The van der Waals surface area contributed by atoms with Crippen LogP contribution < -0.4 is 4.74 Å². The highest BCUT2D eigenvalue weighted by atomic mass is 35.7. The first-order valence-electron chi connectivity index (χ1n) is 5.43. The molecule has 0 spiro atoms. The first-order chi connectivity index (χ1) is 8.58. The Labute approximate surface area is 117 Å². The summed E-state index contributed by atoms with van der Waals surface area (Å²) in [4.78, 5) is 0.205. The zero-order chi connectivity index (χ0) is 14.7. The largest absolute Gasteiger partial charge is 0.493 e. The molecule has 1 unspecified atom stereocenters. The first kappa shape index (κ1) is 16.3. The molecule has 0 amide bonds. The van der Waals surface area contributed by atoms with Crippen molar-refractivity contribution in [1.82, 2.24) is 0 Å². The molecule has 0 saturated carbocycles. The van der Waals surface area contributed by atoms with E-state index in [1.165, 1.54) is 24.3 Å². The predicted molar refractivity (Wildman–Crippen MR) is 73.9 cm³/mol. The van der Waals surface area contributed by atoms with Gasteiger partial charge in [0.05, 0.1) is 17.3 Å². The Hall–Kier alpha value is -0.790. The Morgan fingerprint density at radius 3 is 2.11 bits per heavy atom. The van der Waals surface area contributed by atoms with E-state index in [9.17, 15) is 16.8 Å². The molecule has 108 valence electrons. The zero-order valence-electron chi connectivity index (χ0n) is 10.5. The molecule has 0 bridgehead atoms. The molecule has 0 saturated heterocycles. The van der Waals surface area contributed by atoms with Crippen molar-refractivity contribution in [3.8, 4) is 5.75 Å². The molecule has 1 atom stereocenters. The monoisotopic (exact) mass is 326 g/mol. The van der Waals surface area contributed by atoms with Crippen molar-refractivity contribution >= 4 is 29.6 Å². The van der Waals surface area contributed by atoms with Gasteiger partial charge in [0.25, 0.3) is 0 Å². The molecule has 0 N–H and O–H groups in total. The molecular formula is C11H15ClO5S2. The summed E-state index contributed by atoms with van der Waals surface area (Å²) in [7, 11) is -1.64. The Morgan fingerprint density at radius 1 is 1.16 bits per heavy atom. The van der Waals surface area contributed by atoms with Crippen LogP contribution in [0.5, 0.6) is 5.75 Å². The molecule has 1 aromatic carbocycles. The summed E-state index contributed by atoms with van der Waals surface area (Å²) in [5.74, 6) is 0.0546. The third-order valence-electron chi connectivity index (χ3n) is 2.27. The van der Waals surface area contributed by atoms with Gasteiger partial charge in [-0.3, -0.25) is 0 Å². The SMILES string of the molecule is CC(COc1ccc(S(C)(=O)=O)cc1)CS(=O)(=O)Cl. The number of halogens is 1. The minimum Gasteiger partial charge on any atom is -0.493 e. The second-order valence-corrected chi connectivity index (χ2v) is 9.20. The minimum atomic E-state index is -3.54. The fourth-order valence-electron chi connectivity index (χ4n) is 1.41. The van der Waals surface area contributed by atoms with Gasteiger partial charge in [-0.05, 0) is 24.3 Å². The smallest absolute Gasteiger partial charge is 0.232 e. The lowest BCUT2D eigenvalue weighted by Crippen LogP contribution is -2.16. The molecule has 5 nitrogen and oxygen atoms in total. The standard InChI is InChI=1S/C11H15ClO5S2/c1-9(8-19(12,15)16)7-17-10-3-5-11(6-4-10)18(2,13)14/h3-6,9H,7-8H2,1-2H3. The predicted octanol–water partition coefficient (Wildman–Crippen LogP) is 1.67. The van der Waals surface area contributed by atoms with Gasteiger partial charge in [0, 0.05) is 22.9 Å². The number of hydrogen-bond acceptors (Lipinski definition) is 5. The normalized spacial score (nSPS) is 14.1. The number of benzene rings is 1. The summed E-state index contributed by atoms with van der Waals surface area (Å²) < 4.78 is 49.6. The molecular weight excluding hydrogens is 312 g/mol. The lowest BCUT2D eigenvalue weighted by Gasteiger charge is -2.11. The van der Waals surface area contributed by atoms with Gasteiger partial charge in [0.1, 0.15) is 5.75 Å². The molecule has 0 aromatic heterocycles. The third kappa shape index (κ3) is 6.26. The van der Waals surface area contributed by atoms with Crippen molar-refractivity contribution in [2.45, 2.75) is 11.8 Å². The van der Waals surface area contributed by atoms with Crippen molar-refractivity contribution in [3.05, 3.63) is 24.3 Å². The van der Waals surface area contributed by atoms with Crippen molar-refractivity contribution in [2.24, 2.45) is 5.92 Å². The molecule has 0 aliphatic heterocycles. The van der Waals surface area contributed by atoms with Crippen molar-refractivity contribution < 1.29 is 21.6 Å². The average molecular weight is 327 g/mol. The summed E-state index contributed by atoms with van der Waals surface area (Å²) in [6.45, 7) is 1.88. The van der Waals surface area contributed by atoms with Crippen LogP contribution in [-0.4, -0.2) is 35.5 Å². The maximum Gasteiger partial charge on any atom is 0.232 e. The summed E-state index contributed by atoms with van der Waals surface area (Å²) in [5.41, 5.74) is 0. The van der Waals surface area contributed by atoms with Crippen LogP contribution in [0.25, 0.3) is 0 Å².